The van der Waals surface area contributed by atoms with Gasteiger partial charge in [-0.25, -0.2) is 4.99 Å². The van der Waals surface area contributed by atoms with Crippen LogP contribution in [0.15, 0.2) is 58.1 Å². The van der Waals surface area contributed by atoms with Crippen LogP contribution in [0, 0.1) is 0 Å². The first kappa shape index (κ1) is 21.5. The van der Waals surface area contributed by atoms with Crippen LogP contribution in [0.3, 0.4) is 0 Å². The highest BCUT2D eigenvalue weighted by atomic mass is 127. The number of nitrogens with one attached hydrogen (secondary N) is 2. The Morgan fingerprint density at radius 1 is 1.16 bits per heavy atom. The Hall–Kier alpha value is -1.54. The predicted molar refractivity (Wildman–Crippen MR) is 112 cm³/mol. The maximum absolute atomic E-state index is 10.5. The number of halogens is 1. The lowest BCUT2D eigenvalue weighted by molar-refractivity contribution is 0.0437. The molecule has 0 aliphatic carbocycles. The molecule has 0 radical (unpaired) electrons. The zero-order valence-corrected chi connectivity index (χ0v) is 17.2. The third-order valence-electron chi connectivity index (χ3n) is 3.72. The summed E-state index contributed by atoms with van der Waals surface area (Å²) in [6.07, 6.45) is 3.60. The number of guanidine groups is 1. The van der Waals surface area contributed by atoms with Crippen LogP contribution >= 0.6 is 24.0 Å². The molecule has 5 nitrogen and oxygen atoms in total. The van der Waals surface area contributed by atoms with Gasteiger partial charge in [0.25, 0.3) is 0 Å². The summed E-state index contributed by atoms with van der Waals surface area (Å²) in [7, 11) is 0. The van der Waals surface area contributed by atoms with E-state index in [0.29, 0.717) is 11.7 Å². The van der Waals surface area contributed by atoms with Crippen LogP contribution in [-0.2, 0) is 12.0 Å². The van der Waals surface area contributed by atoms with Crippen molar-refractivity contribution in [2.45, 2.75) is 32.3 Å². The summed E-state index contributed by atoms with van der Waals surface area (Å²) in [6.45, 7) is 5.55. The summed E-state index contributed by atoms with van der Waals surface area (Å²) in [5.41, 5.74) is 0.220. The molecule has 1 aromatic carbocycles. The molecule has 1 heterocycles. The minimum Gasteiger partial charge on any atom is -0.466 e. The molecule has 25 heavy (non-hydrogen) atoms. The number of rotatable bonds is 8. The second-order valence-corrected chi connectivity index (χ2v) is 5.96. The first-order valence-corrected chi connectivity index (χ1v) is 8.44. The minimum atomic E-state index is -1.12. The van der Waals surface area contributed by atoms with Crippen LogP contribution in [0.25, 0.3) is 0 Å². The van der Waals surface area contributed by atoms with E-state index in [9.17, 15) is 5.11 Å². The zero-order chi connectivity index (χ0) is 17.3. The van der Waals surface area contributed by atoms with E-state index in [1.165, 1.54) is 5.56 Å². The van der Waals surface area contributed by atoms with Crippen molar-refractivity contribution in [3.63, 3.8) is 0 Å². The van der Waals surface area contributed by atoms with E-state index in [1.54, 1.807) is 25.3 Å². The summed E-state index contributed by atoms with van der Waals surface area (Å²) < 4.78 is 5.28. The van der Waals surface area contributed by atoms with Crippen molar-refractivity contribution in [1.29, 1.82) is 0 Å². The number of aryl methyl sites for hydroxylation is 1. The van der Waals surface area contributed by atoms with Crippen LogP contribution in [0.5, 0.6) is 0 Å². The number of aliphatic hydroxyl groups is 1. The SMILES string of the molecule is CCNC(=NCC(C)(O)c1ccco1)NCCCc1ccccc1.I. The van der Waals surface area contributed by atoms with E-state index in [0.717, 1.165) is 25.9 Å². The molecule has 1 aromatic heterocycles. The summed E-state index contributed by atoms with van der Waals surface area (Å²) >= 11 is 0. The molecule has 0 bridgehead atoms. The van der Waals surface area contributed by atoms with Crippen LogP contribution in [0.4, 0.5) is 0 Å². The van der Waals surface area contributed by atoms with Crippen molar-refractivity contribution in [1.82, 2.24) is 10.6 Å². The third kappa shape index (κ3) is 7.48. The zero-order valence-electron chi connectivity index (χ0n) is 14.9. The molecule has 0 aliphatic heterocycles. The number of nitrogens with zero attached hydrogens (tertiary/aromatic N) is 1. The van der Waals surface area contributed by atoms with Gasteiger partial charge in [0.15, 0.2) is 5.96 Å². The fraction of sp³-hybridized carbons (Fsp3) is 0.421. The number of aliphatic imine (C=N–C) groups is 1. The maximum atomic E-state index is 10.5. The van der Waals surface area contributed by atoms with Crippen LogP contribution in [0.2, 0.25) is 0 Å². The van der Waals surface area contributed by atoms with Gasteiger partial charge in [-0.1, -0.05) is 30.3 Å². The molecule has 1 atom stereocenters. The molecule has 138 valence electrons. The Kier molecular flexibility index (Phi) is 9.59. The number of hydrogen-bond acceptors (Lipinski definition) is 3. The van der Waals surface area contributed by atoms with Crippen LogP contribution < -0.4 is 10.6 Å². The van der Waals surface area contributed by atoms with E-state index in [1.807, 2.05) is 13.0 Å². The molecule has 6 heteroatoms. The number of hydrogen-bond donors (Lipinski definition) is 3. The van der Waals surface area contributed by atoms with E-state index in [2.05, 4.69) is 39.9 Å². The summed E-state index contributed by atoms with van der Waals surface area (Å²) in [5, 5.41) is 17.0. The minimum absolute atomic E-state index is 0. The van der Waals surface area contributed by atoms with Gasteiger partial charge < -0.3 is 20.2 Å². The van der Waals surface area contributed by atoms with Crippen molar-refractivity contribution in [3.8, 4) is 0 Å². The van der Waals surface area contributed by atoms with Crippen molar-refractivity contribution in [2.75, 3.05) is 19.6 Å². The van der Waals surface area contributed by atoms with Crippen molar-refractivity contribution < 1.29 is 9.52 Å². The molecule has 0 saturated heterocycles. The molecular formula is C19H28IN3O2. The van der Waals surface area contributed by atoms with Gasteiger partial charge in [0, 0.05) is 13.1 Å². The van der Waals surface area contributed by atoms with Crippen molar-refractivity contribution in [3.05, 3.63) is 60.1 Å². The van der Waals surface area contributed by atoms with Gasteiger partial charge in [0.1, 0.15) is 11.4 Å². The Morgan fingerprint density at radius 2 is 1.92 bits per heavy atom. The molecule has 0 amide bonds. The highest BCUT2D eigenvalue weighted by molar-refractivity contribution is 14.0. The summed E-state index contributed by atoms with van der Waals surface area (Å²) in [6, 6.07) is 14.0. The van der Waals surface area contributed by atoms with Gasteiger partial charge in [-0.05, 0) is 44.4 Å². The molecule has 0 fully saturated rings. The smallest absolute Gasteiger partial charge is 0.191 e. The molecular weight excluding hydrogens is 429 g/mol. The van der Waals surface area contributed by atoms with Gasteiger partial charge >= 0.3 is 0 Å². The Morgan fingerprint density at radius 3 is 2.56 bits per heavy atom. The fourth-order valence-electron chi connectivity index (χ4n) is 2.38. The Labute approximate surface area is 167 Å². The van der Waals surface area contributed by atoms with Crippen molar-refractivity contribution >= 4 is 29.9 Å². The second-order valence-electron chi connectivity index (χ2n) is 5.96. The first-order chi connectivity index (χ1) is 11.6. The van der Waals surface area contributed by atoms with Crippen LogP contribution in [0.1, 0.15) is 31.6 Å². The van der Waals surface area contributed by atoms with Crippen molar-refractivity contribution in [2.24, 2.45) is 4.99 Å². The largest absolute Gasteiger partial charge is 0.466 e. The third-order valence-corrected chi connectivity index (χ3v) is 3.72. The van der Waals surface area contributed by atoms with Gasteiger partial charge in [-0.15, -0.1) is 24.0 Å². The topological polar surface area (TPSA) is 69.8 Å². The molecule has 2 rings (SSSR count). The lowest BCUT2D eigenvalue weighted by atomic mass is 10.0. The molecule has 0 aliphatic rings. The molecule has 1 unspecified atom stereocenters. The van der Waals surface area contributed by atoms with Gasteiger partial charge in [-0.2, -0.15) is 0 Å². The Bertz CT molecular complexity index is 613. The average molecular weight is 457 g/mol. The average Bonchev–Trinajstić information content (AvgIpc) is 3.13. The normalized spacial score (nSPS) is 13.6. The summed E-state index contributed by atoms with van der Waals surface area (Å²) in [5.74, 6) is 1.23. The van der Waals surface area contributed by atoms with Gasteiger partial charge in [0.2, 0.25) is 0 Å². The standard InChI is InChI=1S/C19H27N3O2.HI/c1-3-20-18(21-13-7-11-16-9-5-4-6-10-16)22-15-19(2,23)17-12-8-14-24-17;/h4-6,8-10,12,14,23H,3,7,11,13,15H2,1-2H3,(H2,20,21,22);1H. The molecule has 2 aromatic rings. The molecule has 0 saturated carbocycles. The molecule has 0 spiro atoms. The van der Waals surface area contributed by atoms with E-state index < -0.39 is 5.60 Å². The van der Waals surface area contributed by atoms with E-state index >= 15 is 0 Å². The number of furan rings is 1. The molecule has 3 N–H and O–H groups in total. The predicted octanol–water partition coefficient (Wildman–Crippen LogP) is 3.29. The second kappa shape index (κ2) is 11.1. The highest BCUT2D eigenvalue weighted by Gasteiger charge is 2.25. The van der Waals surface area contributed by atoms with Gasteiger partial charge in [-0.3, -0.25) is 0 Å². The Balaban J connectivity index is 0.00000312. The lowest BCUT2D eigenvalue weighted by Gasteiger charge is -2.19. The fourth-order valence-corrected chi connectivity index (χ4v) is 2.38. The quantitative estimate of drug-likeness (QED) is 0.246. The number of benzene rings is 1. The lowest BCUT2D eigenvalue weighted by Crippen LogP contribution is -2.39. The first-order valence-electron chi connectivity index (χ1n) is 8.44. The monoisotopic (exact) mass is 457 g/mol. The summed E-state index contributed by atoms with van der Waals surface area (Å²) in [4.78, 5) is 4.47. The van der Waals surface area contributed by atoms with Gasteiger partial charge in [0.05, 0.1) is 12.8 Å². The van der Waals surface area contributed by atoms with E-state index in [4.69, 9.17) is 4.42 Å². The van der Waals surface area contributed by atoms with Crippen LogP contribution in [-0.4, -0.2) is 30.7 Å². The van der Waals surface area contributed by atoms with E-state index in [-0.39, 0.29) is 30.5 Å². The highest BCUT2D eigenvalue weighted by Crippen LogP contribution is 2.20. The maximum Gasteiger partial charge on any atom is 0.191 e.